The number of benzene rings is 6. The van der Waals surface area contributed by atoms with E-state index in [4.69, 9.17) is 69.3 Å². The molecular formula is C73H74Cl2N12O7S2. The fraction of sp³-hybridized carbons (Fsp3) is 0.288. The predicted molar refractivity (Wildman–Crippen MR) is 379 cm³/mol. The summed E-state index contributed by atoms with van der Waals surface area (Å²) >= 11 is 15.6. The lowest BCUT2D eigenvalue weighted by Crippen LogP contribution is -2.18. The standard InChI is InChI=1S/C28H26ClN5O2S.C19H17ClN4O2S.2C9H11NO.C8H9NO/c1-14-16(3)37-28-25(14)26(18-5-8-20(29)9-6-18)31-23(27-33-32-17(4)34(27)28)11-24(35)30-22-10-7-19-12-36-13-21(19)15(22)2;1-9-10(2)27-19-16(9)17(12-4-6-13(20)7-5-12)21-14(8-15(25)26)18-23-22-11(3)24(18)19;2*1-6-8-5-11-4-7(8)2-3-9(6)10;9-8-2-1-6-4-10-5-7(6)3-8/h5-10,23H,11-13H2,1-4H3,(H,30,35);4-7,14H,8H2,1-3H3,(H,25,26);2*2-3H,4-5,10H2,1H3;1-3H,4-5,9H2/t23-;14-;;;/m00.../s1. The number of rotatable bonds is 7. The molecule has 0 saturated heterocycles. The number of amides is 1. The number of carbonyl (C=O) groups is 2. The number of nitrogen functional groups attached to an aromatic ring is 3. The van der Waals surface area contributed by atoms with Crippen molar-refractivity contribution in [2.75, 3.05) is 22.5 Å². The fourth-order valence-electron chi connectivity index (χ4n) is 12.4. The van der Waals surface area contributed by atoms with E-state index in [1.54, 1.807) is 22.7 Å². The van der Waals surface area contributed by atoms with Crippen LogP contribution >= 0.6 is 45.9 Å². The molecule has 0 spiro atoms. The number of carboxylic acid groups (broad SMARTS) is 1. The molecular weight excluding hydrogens is 1290 g/mol. The van der Waals surface area contributed by atoms with Gasteiger partial charge in [0.1, 0.15) is 33.7 Å². The van der Waals surface area contributed by atoms with E-state index in [9.17, 15) is 14.7 Å². The van der Waals surface area contributed by atoms with E-state index in [2.05, 4.69) is 58.0 Å². The van der Waals surface area contributed by atoms with Crippen LogP contribution in [0.1, 0.15) is 153 Å². The minimum Gasteiger partial charge on any atom is -0.481 e. The van der Waals surface area contributed by atoms with Gasteiger partial charge in [-0.25, -0.2) is 0 Å². The Kier molecular flexibility index (Phi) is 19.9. The summed E-state index contributed by atoms with van der Waals surface area (Å²) in [5, 5.41) is 33.1. The maximum Gasteiger partial charge on any atom is 0.306 e. The highest BCUT2D eigenvalue weighted by Gasteiger charge is 2.35. The zero-order valence-electron chi connectivity index (χ0n) is 54.8. The molecule has 23 heteroatoms. The molecule has 0 saturated carbocycles. The summed E-state index contributed by atoms with van der Waals surface area (Å²) in [6, 6.07) is 31.9. The van der Waals surface area contributed by atoms with Gasteiger partial charge in [0.2, 0.25) is 5.91 Å². The number of carboxylic acids is 1. The number of aliphatic carboxylic acids is 1. The van der Waals surface area contributed by atoms with Gasteiger partial charge in [-0.2, -0.15) is 0 Å². The smallest absolute Gasteiger partial charge is 0.306 e. The highest BCUT2D eigenvalue weighted by molar-refractivity contribution is 7.15. The molecule has 4 aromatic heterocycles. The van der Waals surface area contributed by atoms with Gasteiger partial charge in [0.25, 0.3) is 0 Å². The van der Waals surface area contributed by atoms with E-state index < -0.39 is 18.1 Å². The molecule has 8 N–H and O–H groups in total. The number of nitrogens with two attached hydrogens (primary N) is 3. The first-order valence-electron chi connectivity index (χ1n) is 31.4. The van der Waals surface area contributed by atoms with Crippen LogP contribution in [0.15, 0.2) is 113 Å². The van der Waals surface area contributed by atoms with E-state index >= 15 is 0 Å². The molecule has 0 unspecified atom stereocenters. The fourth-order valence-corrected chi connectivity index (χ4v) is 15.1. The lowest BCUT2D eigenvalue weighted by molar-refractivity contribution is -0.137. The van der Waals surface area contributed by atoms with Crippen LogP contribution in [0, 0.1) is 62.3 Å². The molecule has 494 valence electrons. The highest BCUT2D eigenvalue weighted by Crippen LogP contribution is 2.42. The van der Waals surface area contributed by atoms with Crippen molar-refractivity contribution in [2.24, 2.45) is 9.98 Å². The molecule has 6 aliphatic heterocycles. The molecule has 10 heterocycles. The van der Waals surface area contributed by atoms with Gasteiger partial charge in [-0.05, 0) is 189 Å². The molecule has 0 aliphatic carbocycles. The van der Waals surface area contributed by atoms with Crippen LogP contribution in [0.2, 0.25) is 10.0 Å². The molecule has 0 bridgehead atoms. The van der Waals surface area contributed by atoms with Crippen molar-refractivity contribution in [3.63, 3.8) is 0 Å². The second kappa shape index (κ2) is 28.4. The maximum atomic E-state index is 13.4. The molecule has 6 aliphatic rings. The van der Waals surface area contributed by atoms with Crippen LogP contribution in [0.5, 0.6) is 0 Å². The monoisotopic (exact) mass is 1360 g/mol. The van der Waals surface area contributed by atoms with Gasteiger partial charge < -0.3 is 46.6 Å². The summed E-state index contributed by atoms with van der Waals surface area (Å²) in [6.45, 7) is 23.9. The Balaban J connectivity index is 0.000000128. The lowest BCUT2D eigenvalue weighted by atomic mass is 9.99. The van der Waals surface area contributed by atoms with Crippen LogP contribution in [-0.4, -0.2) is 57.9 Å². The number of aromatic nitrogens is 6. The van der Waals surface area contributed by atoms with Gasteiger partial charge in [0.05, 0.1) is 77.1 Å². The third-order valence-electron chi connectivity index (χ3n) is 18.2. The number of ether oxygens (including phenoxy) is 4. The number of fused-ring (bicyclic) bond motifs is 10. The van der Waals surface area contributed by atoms with Gasteiger partial charge in [-0.15, -0.1) is 43.1 Å². The van der Waals surface area contributed by atoms with Gasteiger partial charge >= 0.3 is 5.97 Å². The Morgan fingerprint density at radius 1 is 0.500 bits per heavy atom. The number of nitrogens with zero attached hydrogens (tertiary/aromatic N) is 8. The predicted octanol–water partition coefficient (Wildman–Crippen LogP) is 15.0. The minimum atomic E-state index is -0.926. The zero-order valence-corrected chi connectivity index (χ0v) is 58.0. The van der Waals surface area contributed by atoms with Crippen LogP contribution in [0.3, 0.4) is 0 Å². The van der Waals surface area contributed by atoms with Crippen LogP contribution in [-0.2, 0) is 81.4 Å². The summed E-state index contributed by atoms with van der Waals surface area (Å²) < 4.78 is 25.4. The number of carbonyl (C=O) groups excluding carboxylic acids is 1. The number of thiophene rings is 2. The second-order valence-electron chi connectivity index (χ2n) is 24.4. The lowest BCUT2D eigenvalue weighted by Gasteiger charge is -2.15. The first-order chi connectivity index (χ1) is 46.1. The van der Waals surface area contributed by atoms with E-state index in [1.165, 1.54) is 59.8 Å². The third kappa shape index (κ3) is 13.8. The van der Waals surface area contributed by atoms with Crippen molar-refractivity contribution >= 4 is 91.9 Å². The number of aliphatic imine (C=N–C) groups is 2. The van der Waals surface area contributed by atoms with E-state index in [-0.39, 0.29) is 18.7 Å². The molecule has 10 aromatic rings. The van der Waals surface area contributed by atoms with E-state index in [0.29, 0.717) is 34.9 Å². The first kappa shape index (κ1) is 67.1. The SMILES string of the molecule is Cc1c(N)ccc2c1COC2.Cc1c(N)ccc2c1COC2.Cc1sc2c(c1C)C(c1ccc(Cl)cc1)=N[C@@H](CC(=O)Nc1ccc3c(c1C)COC3)c1nnc(C)n1-2.Cc1sc2c(c1C)C(c1ccc(Cl)cc1)=N[C@@H](CC(=O)O)c1nnc(C)n1-2.Nc1ccc2c(c1)COC2. The first-order valence-corrected chi connectivity index (χ1v) is 33.8. The van der Waals surface area contributed by atoms with Crippen molar-refractivity contribution < 1.29 is 33.6 Å². The van der Waals surface area contributed by atoms with Gasteiger partial charge in [0.15, 0.2) is 11.6 Å². The molecule has 0 fully saturated rings. The Morgan fingerprint density at radius 2 is 0.906 bits per heavy atom. The average molecular weight is 1370 g/mol. The highest BCUT2D eigenvalue weighted by atomic mass is 35.5. The van der Waals surface area contributed by atoms with Crippen LogP contribution in [0.4, 0.5) is 22.7 Å². The van der Waals surface area contributed by atoms with Crippen molar-refractivity contribution in [1.29, 1.82) is 0 Å². The summed E-state index contributed by atoms with van der Waals surface area (Å²) in [7, 11) is 0. The molecule has 16 rings (SSSR count). The Hall–Kier alpha value is -8.90. The van der Waals surface area contributed by atoms with Crippen molar-refractivity contribution in [3.05, 3.63) is 241 Å². The third-order valence-corrected chi connectivity index (χ3v) is 21.1. The summed E-state index contributed by atoms with van der Waals surface area (Å²) in [6.07, 6.45) is -0.0165. The summed E-state index contributed by atoms with van der Waals surface area (Å²) in [5.41, 5.74) is 41.6. The van der Waals surface area contributed by atoms with Crippen molar-refractivity contribution in [1.82, 2.24) is 29.5 Å². The minimum absolute atomic E-state index is 0.128. The number of hydrogen-bond acceptors (Lipinski definition) is 17. The van der Waals surface area contributed by atoms with Gasteiger partial charge in [-0.3, -0.25) is 28.7 Å². The maximum absolute atomic E-state index is 13.4. The van der Waals surface area contributed by atoms with Crippen LogP contribution in [0.25, 0.3) is 10.0 Å². The Morgan fingerprint density at radius 3 is 1.38 bits per heavy atom. The topological polar surface area (TPSA) is 268 Å². The summed E-state index contributed by atoms with van der Waals surface area (Å²) in [4.78, 5) is 37.3. The second-order valence-corrected chi connectivity index (χ2v) is 27.6. The number of nitrogens with one attached hydrogen (secondary N) is 1. The van der Waals surface area contributed by atoms with Gasteiger partial charge in [-0.1, -0.05) is 71.7 Å². The molecule has 96 heavy (non-hydrogen) atoms. The average Bonchev–Trinajstić information content (AvgIpc) is 1.60. The quantitative estimate of drug-likeness (QED) is 0.0929. The van der Waals surface area contributed by atoms with Gasteiger partial charge in [0, 0.05) is 64.8 Å². The Labute approximate surface area is 575 Å². The van der Waals surface area contributed by atoms with Crippen LogP contribution < -0.4 is 22.5 Å². The number of aryl methyl sites for hydroxylation is 4. The Bertz CT molecular complexity index is 4660. The molecule has 2 atom stereocenters. The number of halogens is 2. The normalized spacial score (nSPS) is 15.6. The van der Waals surface area contributed by atoms with E-state index in [0.717, 1.165) is 140 Å². The molecule has 1 amide bonds. The largest absolute Gasteiger partial charge is 0.481 e. The zero-order chi connectivity index (χ0) is 67.8. The number of hydrogen-bond donors (Lipinski definition) is 5. The van der Waals surface area contributed by atoms with E-state index in [1.807, 2.05) is 142 Å². The molecule has 6 aromatic carbocycles. The number of anilines is 4. The van der Waals surface area contributed by atoms with Crippen molar-refractivity contribution in [2.45, 2.75) is 140 Å². The molecule has 19 nitrogen and oxygen atoms in total. The van der Waals surface area contributed by atoms with Crippen molar-refractivity contribution in [3.8, 4) is 10.0 Å². The summed E-state index contributed by atoms with van der Waals surface area (Å²) in [5.74, 6) is 1.65. The molecule has 0 radical (unpaired) electrons.